The third-order valence-corrected chi connectivity index (χ3v) is 5.59. The van der Waals surface area contributed by atoms with Crippen molar-refractivity contribution in [2.75, 3.05) is 23.0 Å². The lowest BCUT2D eigenvalue weighted by Crippen LogP contribution is -2.28. The first-order valence-electron chi connectivity index (χ1n) is 10.4. The Balaban J connectivity index is 1.44. The van der Waals surface area contributed by atoms with Crippen molar-refractivity contribution in [1.82, 2.24) is 5.32 Å². The number of amides is 3. The molecule has 0 heterocycles. The van der Waals surface area contributed by atoms with Crippen LogP contribution >= 0.6 is 11.8 Å². The van der Waals surface area contributed by atoms with Crippen LogP contribution < -0.4 is 20.7 Å². The zero-order valence-corrected chi connectivity index (χ0v) is 18.9. The molecule has 3 rings (SSSR count). The number of benzene rings is 3. The van der Waals surface area contributed by atoms with Gasteiger partial charge in [0.2, 0.25) is 5.91 Å². The van der Waals surface area contributed by atoms with E-state index in [-0.39, 0.29) is 18.0 Å². The minimum Gasteiger partial charge on any atom is -0.494 e. The van der Waals surface area contributed by atoms with E-state index in [9.17, 15) is 9.59 Å². The minimum absolute atomic E-state index is 0.0409. The van der Waals surface area contributed by atoms with Gasteiger partial charge in [-0.2, -0.15) is 0 Å². The van der Waals surface area contributed by atoms with Gasteiger partial charge in [-0.15, -0.1) is 11.8 Å². The minimum atomic E-state index is -0.309. The third kappa shape index (κ3) is 7.35. The van der Waals surface area contributed by atoms with Crippen molar-refractivity contribution in [3.8, 4) is 5.75 Å². The summed E-state index contributed by atoms with van der Waals surface area (Å²) in [7, 11) is 0. The predicted octanol–water partition coefficient (Wildman–Crippen LogP) is 5.70. The van der Waals surface area contributed by atoms with Crippen LogP contribution in [-0.2, 0) is 4.79 Å². The second-order valence-electron chi connectivity index (χ2n) is 7.05. The lowest BCUT2D eigenvalue weighted by atomic mass is 10.1. The van der Waals surface area contributed by atoms with E-state index in [2.05, 4.69) is 16.0 Å². The monoisotopic (exact) mass is 449 g/mol. The second-order valence-corrected chi connectivity index (χ2v) is 8.10. The highest BCUT2D eigenvalue weighted by atomic mass is 32.2. The predicted molar refractivity (Wildman–Crippen MR) is 130 cm³/mol. The number of anilines is 2. The molecule has 3 amide bonds. The molecule has 166 valence electrons. The lowest BCUT2D eigenvalue weighted by Gasteiger charge is -2.15. The Labute approximate surface area is 192 Å². The van der Waals surface area contributed by atoms with Gasteiger partial charge < -0.3 is 20.7 Å². The number of ether oxygens (including phenoxy) is 1. The molecule has 1 unspecified atom stereocenters. The molecule has 0 fully saturated rings. The fourth-order valence-corrected chi connectivity index (χ4v) is 3.69. The quantitative estimate of drug-likeness (QED) is 0.366. The standard InChI is InChI=1S/C25H27N3O3S/c1-3-31-22-13-15-23(16-14-22)32-17-24(29)26-18(2)19-9-11-21(12-10-19)28-25(30)27-20-7-5-4-6-8-20/h4-16,18H,3,17H2,1-2H3,(H,26,29)(H2,27,28,30). The molecule has 0 spiro atoms. The molecule has 0 aromatic heterocycles. The number of carbonyl (C=O) groups excluding carboxylic acids is 2. The molecule has 3 aromatic rings. The van der Waals surface area contributed by atoms with Gasteiger partial charge in [-0.1, -0.05) is 30.3 Å². The molecule has 3 aromatic carbocycles. The van der Waals surface area contributed by atoms with E-state index in [1.165, 1.54) is 11.8 Å². The van der Waals surface area contributed by atoms with Gasteiger partial charge in [0, 0.05) is 16.3 Å². The molecule has 7 heteroatoms. The van der Waals surface area contributed by atoms with Crippen molar-refractivity contribution in [2.45, 2.75) is 24.8 Å². The third-order valence-electron chi connectivity index (χ3n) is 4.58. The number of rotatable bonds is 9. The average molecular weight is 450 g/mol. The number of thioether (sulfide) groups is 1. The number of para-hydroxylation sites is 1. The normalized spacial score (nSPS) is 11.3. The summed E-state index contributed by atoms with van der Waals surface area (Å²) >= 11 is 1.48. The molecule has 1 atom stereocenters. The van der Waals surface area contributed by atoms with Crippen LogP contribution in [0.15, 0.2) is 83.8 Å². The molecule has 0 saturated carbocycles. The molecule has 0 aliphatic heterocycles. The molecule has 0 aliphatic carbocycles. The Bertz CT molecular complexity index is 1010. The van der Waals surface area contributed by atoms with Gasteiger partial charge in [-0.05, 0) is 67.9 Å². The van der Waals surface area contributed by atoms with Crippen LogP contribution in [0.4, 0.5) is 16.2 Å². The van der Waals surface area contributed by atoms with Gasteiger partial charge in [-0.3, -0.25) is 4.79 Å². The van der Waals surface area contributed by atoms with Crippen LogP contribution in [0.3, 0.4) is 0 Å². The van der Waals surface area contributed by atoms with Crippen molar-refractivity contribution >= 4 is 35.1 Å². The molecule has 0 aliphatic rings. The molecule has 32 heavy (non-hydrogen) atoms. The molecule has 0 bridgehead atoms. The van der Waals surface area contributed by atoms with Gasteiger partial charge in [0.05, 0.1) is 18.4 Å². The highest BCUT2D eigenvalue weighted by Gasteiger charge is 2.11. The maximum absolute atomic E-state index is 12.3. The van der Waals surface area contributed by atoms with Gasteiger partial charge >= 0.3 is 6.03 Å². The first kappa shape index (κ1) is 23.2. The fraction of sp³-hybridized carbons (Fsp3) is 0.200. The summed E-state index contributed by atoms with van der Waals surface area (Å²) in [6.07, 6.45) is 0. The summed E-state index contributed by atoms with van der Waals surface area (Å²) in [5.74, 6) is 1.11. The van der Waals surface area contributed by atoms with E-state index >= 15 is 0 Å². The van der Waals surface area contributed by atoms with Gasteiger partial charge in [-0.25, -0.2) is 4.79 Å². The van der Waals surface area contributed by atoms with Crippen LogP contribution in [0.25, 0.3) is 0 Å². The second kappa shape index (κ2) is 11.8. The largest absolute Gasteiger partial charge is 0.494 e. The molecule has 0 saturated heterocycles. The van der Waals surface area contributed by atoms with Crippen LogP contribution in [-0.4, -0.2) is 24.3 Å². The number of nitrogens with one attached hydrogen (secondary N) is 3. The van der Waals surface area contributed by atoms with Crippen molar-refractivity contribution in [3.63, 3.8) is 0 Å². The van der Waals surface area contributed by atoms with Crippen LogP contribution in [0.1, 0.15) is 25.5 Å². The van der Waals surface area contributed by atoms with Gasteiger partial charge in [0.25, 0.3) is 0 Å². The highest BCUT2D eigenvalue weighted by Crippen LogP contribution is 2.22. The number of hydrogen-bond acceptors (Lipinski definition) is 4. The van der Waals surface area contributed by atoms with Gasteiger partial charge in [0.15, 0.2) is 0 Å². The topological polar surface area (TPSA) is 79.5 Å². The average Bonchev–Trinajstić information content (AvgIpc) is 2.80. The van der Waals surface area contributed by atoms with Crippen molar-refractivity contribution in [3.05, 3.63) is 84.4 Å². The molecule has 0 radical (unpaired) electrons. The van der Waals surface area contributed by atoms with E-state index in [0.29, 0.717) is 18.0 Å². The Hall–Kier alpha value is -3.45. The SMILES string of the molecule is CCOc1ccc(SCC(=O)NC(C)c2ccc(NC(=O)Nc3ccccc3)cc2)cc1. The number of urea groups is 1. The first-order valence-corrected chi connectivity index (χ1v) is 11.4. The summed E-state index contributed by atoms with van der Waals surface area (Å²) < 4.78 is 5.43. The number of carbonyl (C=O) groups is 2. The summed E-state index contributed by atoms with van der Waals surface area (Å²) in [6, 6.07) is 23.9. The van der Waals surface area contributed by atoms with Gasteiger partial charge in [0.1, 0.15) is 5.75 Å². The van der Waals surface area contributed by atoms with Crippen LogP contribution in [0, 0.1) is 0 Å². The fourth-order valence-electron chi connectivity index (χ4n) is 2.98. The van der Waals surface area contributed by atoms with Crippen molar-refractivity contribution < 1.29 is 14.3 Å². The van der Waals surface area contributed by atoms with E-state index in [1.807, 2.05) is 92.7 Å². The summed E-state index contributed by atoms with van der Waals surface area (Å²) in [4.78, 5) is 25.4. The first-order chi connectivity index (χ1) is 15.5. The number of hydrogen-bond donors (Lipinski definition) is 3. The zero-order chi connectivity index (χ0) is 22.8. The summed E-state index contributed by atoms with van der Waals surface area (Å²) in [5.41, 5.74) is 2.35. The molecular weight excluding hydrogens is 422 g/mol. The van der Waals surface area contributed by atoms with Crippen molar-refractivity contribution in [1.29, 1.82) is 0 Å². The maximum Gasteiger partial charge on any atom is 0.323 e. The van der Waals surface area contributed by atoms with E-state index in [1.54, 1.807) is 0 Å². The van der Waals surface area contributed by atoms with Crippen LogP contribution in [0.2, 0.25) is 0 Å². The summed E-state index contributed by atoms with van der Waals surface area (Å²) in [6.45, 7) is 4.51. The van der Waals surface area contributed by atoms with Crippen LogP contribution in [0.5, 0.6) is 5.75 Å². The Kier molecular flexibility index (Phi) is 8.57. The Morgan fingerprint density at radius 2 is 1.50 bits per heavy atom. The van der Waals surface area contributed by atoms with E-state index < -0.39 is 0 Å². The zero-order valence-electron chi connectivity index (χ0n) is 18.1. The highest BCUT2D eigenvalue weighted by molar-refractivity contribution is 8.00. The molecule has 6 nitrogen and oxygen atoms in total. The van der Waals surface area contributed by atoms with E-state index in [4.69, 9.17) is 4.74 Å². The molecular formula is C25H27N3O3S. The summed E-state index contributed by atoms with van der Waals surface area (Å²) in [5, 5.41) is 8.58. The maximum atomic E-state index is 12.3. The van der Waals surface area contributed by atoms with E-state index in [0.717, 1.165) is 21.9 Å². The Morgan fingerprint density at radius 1 is 0.875 bits per heavy atom. The lowest BCUT2D eigenvalue weighted by molar-refractivity contribution is -0.119. The molecule has 3 N–H and O–H groups in total. The van der Waals surface area contributed by atoms with Crippen molar-refractivity contribution in [2.24, 2.45) is 0 Å². The smallest absolute Gasteiger partial charge is 0.323 e. The Morgan fingerprint density at radius 3 is 2.12 bits per heavy atom.